The summed E-state index contributed by atoms with van der Waals surface area (Å²) in [6.07, 6.45) is 2.39. The molecule has 0 N–H and O–H groups in total. The van der Waals surface area contributed by atoms with Gasteiger partial charge in [0, 0.05) is 6.54 Å². The van der Waals surface area contributed by atoms with E-state index in [2.05, 4.69) is 4.90 Å². The molecule has 0 saturated carbocycles. The molecule has 1 aromatic carbocycles. The molecule has 1 saturated heterocycles. The van der Waals surface area contributed by atoms with E-state index in [1.165, 1.54) is 18.9 Å². The zero-order valence-electron chi connectivity index (χ0n) is 9.33. The number of likely N-dealkylation sites (tertiary alicyclic amines) is 1. The Balaban J connectivity index is 0.00000144. The van der Waals surface area contributed by atoms with Crippen LogP contribution in [0.3, 0.4) is 0 Å². The van der Waals surface area contributed by atoms with Crippen LogP contribution in [-0.4, -0.2) is 24.5 Å². The van der Waals surface area contributed by atoms with E-state index in [0.717, 1.165) is 19.2 Å². The van der Waals surface area contributed by atoms with Gasteiger partial charge in [0.25, 0.3) is 0 Å². The molecule has 1 aliphatic rings. The number of rotatable bonds is 3. The molecule has 1 fully saturated rings. The van der Waals surface area contributed by atoms with Crippen molar-refractivity contribution in [2.24, 2.45) is 0 Å². The van der Waals surface area contributed by atoms with Crippen LogP contribution >= 0.6 is 24.0 Å². The highest BCUT2D eigenvalue weighted by Gasteiger charge is 2.18. The van der Waals surface area contributed by atoms with Gasteiger partial charge in [-0.05, 0) is 43.6 Å². The fourth-order valence-electron chi connectivity index (χ4n) is 2.00. The summed E-state index contributed by atoms with van der Waals surface area (Å²) < 4.78 is 25.7. The molecular weight excluding hydrogens is 267 g/mol. The molecule has 1 aliphatic heterocycles. The third-order valence-corrected chi connectivity index (χ3v) is 3.31. The van der Waals surface area contributed by atoms with Crippen LogP contribution in [0.4, 0.5) is 8.78 Å². The SMILES string of the molecule is Cl.Fc1ccc(C(Cl)CN2CCCC2)cc1F. The van der Waals surface area contributed by atoms with Crippen LogP contribution in [0, 0.1) is 11.6 Å². The summed E-state index contributed by atoms with van der Waals surface area (Å²) in [7, 11) is 0. The topological polar surface area (TPSA) is 3.24 Å². The smallest absolute Gasteiger partial charge is 0.159 e. The first kappa shape index (κ1) is 14.7. The lowest BCUT2D eigenvalue weighted by Crippen LogP contribution is -2.23. The fourth-order valence-corrected chi connectivity index (χ4v) is 2.34. The highest BCUT2D eigenvalue weighted by molar-refractivity contribution is 6.21. The molecule has 0 amide bonds. The maximum absolute atomic E-state index is 13.0. The number of benzene rings is 1. The van der Waals surface area contributed by atoms with Crippen molar-refractivity contribution in [3.63, 3.8) is 0 Å². The first-order valence-electron chi connectivity index (χ1n) is 5.48. The summed E-state index contributed by atoms with van der Waals surface area (Å²) >= 11 is 6.18. The van der Waals surface area contributed by atoms with Gasteiger partial charge < -0.3 is 4.90 Å². The third kappa shape index (κ3) is 3.80. The van der Waals surface area contributed by atoms with E-state index in [-0.39, 0.29) is 17.8 Å². The summed E-state index contributed by atoms with van der Waals surface area (Å²) in [4.78, 5) is 2.25. The molecule has 0 aliphatic carbocycles. The Morgan fingerprint density at radius 3 is 2.41 bits per heavy atom. The van der Waals surface area contributed by atoms with Gasteiger partial charge in [0.1, 0.15) is 0 Å². The van der Waals surface area contributed by atoms with Crippen molar-refractivity contribution in [3.8, 4) is 0 Å². The van der Waals surface area contributed by atoms with Crippen molar-refractivity contribution < 1.29 is 8.78 Å². The van der Waals surface area contributed by atoms with Gasteiger partial charge in [-0.15, -0.1) is 24.0 Å². The van der Waals surface area contributed by atoms with Gasteiger partial charge in [0.15, 0.2) is 11.6 Å². The van der Waals surface area contributed by atoms with Crippen molar-refractivity contribution in [2.45, 2.75) is 18.2 Å². The van der Waals surface area contributed by atoms with E-state index in [1.54, 1.807) is 6.07 Å². The van der Waals surface area contributed by atoms with Crippen molar-refractivity contribution in [1.82, 2.24) is 4.90 Å². The molecule has 1 heterocycles. The monoisotopic (exact) mass is 281 g/mol. The first-order valence-corrected chi connectivity index (χ1v) is 5.92. The molecule has 0 bridgehead atoms. The second-order valence-electron chi connectivity index (χ2n) is 4.15. The van der Waals surface area contributed by atoms with Crippen LogP contribution in [0.1, 0.15) is 23.8 Å². The molecule has 1 nitrogen and oxygen atoms in total. The highest BCUT2D eigenvalue weighted by Crippen LogP contribution is 2.24. The zero-order chi connectivity index (χ0) is 11.5. The number of hydrogen-bond donors (Lipinski definition) is 0. The van der Waals surface area contributed by atoms with Crippen molar-refractivity contribution >= 4 is 24.0 Å². The largest absolute Gasteiger partial charge is 0.302 e. The normalized spacial score (nSPS) is 17.8. The van der Waals surface area contributed by atoms with Gasteiger partial charge in [-0.1, -0.05) is 6.07 Å². The number of nitrogens with zero attached hydrogens (tertiary/aromatic N) is 1. The van der Waals surface area contributed by atoms with Gasteiger partial charge in [-0.25, -0.2) is 8.78 Å². The minimum Gasteiger partial charge on any atom is -0.302 e. The first-order chi connectivity index (χ1) is 7.66. The Morgan fingerprint density at radius 1 is 1.18 bits per heavy atom. The number of hydrogen-bond acceptors (Lipinski definition) is 1. The van der Waals surface area contributed by atoms with E-state index in [4.69, 9.17) is 11.6 Å². The zero-order valence-corrected chi connectivity index (χ0v) is 10.9. The lowest BCUT2D eigenvalue weighted by molar-refractivity contribution is 0.338. The number of halogens is 4. The van der Waals surface area contributed by atoms with Crippen molar-refractivity contribution in [1.29, 1.82) is 0 Å². The van der Waals surface area contributed by atoms with Crippen molar-refractivity contribution in [3.05, 3.63) is 35.4 Å². The Morgan fingerprint density at radius 2 is 1.82 bits per heavy atom. The molecule has 0 spiro atoms. The minimum atomic E-state index is -0.829. The lowest BCUT2D eigenvalue weighted by Gasteiger charge is -2.18. The molecular formula is C12H15Cl2F2N. The Hall–Kier alpha value is -0.380. The fraction of sp³-hybridized carbons (Fsp3) is 0.500. The van der Waals surface area contributed by atoms with Crippen LogP contribution in [0.15, 0.2) is 18.2 Å². The molecule has 1 unspecified atom stereocenters. The molecule has 0 aromatic heterocycles. The maximum atomic E-state index is 13.0. The van der Waals surface area contributed by atoms with Gasteiger partial charge in [-0.2, -0.15) is 0 Å². The van der Waals surface area contributed by atoms with Crippen LogP contribution < -0.4 is 0 Å². The summed E-state index contributed by atoms with van der Waals surface area (Å²) in [5, 5.41) is -0.270. The van der Waals surface area contributed by atoms with E-state index >= 15 is 0 Å². The highest BCUT2D eigenvalue weighted by atomic mass is 35.5. The molecule has 2 rings (SSSR count). The van der Waals surface area contributed by atoms with Gasteiger partial charge >= 0.3 is 0 Å². The van der Waals surface area contributed by atoms with E-state index in [1.807, 2.05) is 0 Å². The average molecular weight is 282 g/mol. The Bertz CT molecular complexity index is 368. The maximum Gasteiger partial charge on any atom is 0.159 e. The molecule has 5 heteroatoms. The minimum absolute atomic E-state index is 0. The molecule has 0 radical (unpaired) electrons. The van der Waals surface area contributed by atoms with Crippen molar-refractivity contribution in [2.75, 3.05) is 19.6 Å². The molecule has 96 valence electrons. The number of alkyl halides is 1. The van der Waals surface area contributed by atoms with E-state index < -0.39 is 11.6 Å². The predicted octanol–water partition coefficient (Wildman–Crippen LogP) is 3.76. The predicted molar refractivity (Wildman–Crippen MR) is 67.9 cm³/mol. The average Bonchev–Trinajstić information content (AvgIpc) is 2.74. The standard InChI is InChI=1S/C12H14ClF2N.ClH/c13-10(8-16-5-1-2-6-16)9-3-4-11(14)12(15)7-9;/h3-4,7,10H,1-2,5-6,8H2;1H. The van der Waals surface area contributed by atoms with Gasteiger partial charge in [0.2, 0.25) is 0 Å². The van der Waals surface area contributed by atoms with Crippen LogP contribution in [0.5, 0.6) is 0 Å². The second-order valence-corrected chi connectivity index (χ2v) is 4.68. The van der Waals surface area contributed by atoms with E-state index in [9.17, 15) is 8.78 Å². The summed E-state index contributed by atoms with van der Waals surface area (Å²) in [5.74, 6) is -1.65. The van der Waals surface area contributed by atoms with Crippen LogP contribution in [0.2, 0.25) is 0 Å². The summed E-state index contributed by atoms with van der Waals surface area (Å²) in [5.41, 5.74) is 0.646. The Labute approximate surface area is 111 Å². The van der Waals surface area contributed by atoms with Crippen LogP contribution in [0.25, 0.3) is 0 Å². The summed E-state index contributed by atoms with van der Waals surface area (Å²) in [6, 6.07) is 3.86. The van der Waals surface area contributed by atoms with Gasteiger partial charge in [0.05, 0.1) is 5.38 Å². The lowest BCUT2D eigenvalue weighted by atomic mass is 10.1. The molecule has 17 heavy (non-hydrogen) atoms. The van der Waals surface area contributed by atoms with Crippen LogP contribution in [-0.2, 0) is 0 Å². The molecule has 1 aromatic rings. The molecule has 1 atom stereocenters. The second kappa shape index (κ2) is 6.53. The summed E-state index contributed by atoms with van der Waals surface area (Å²) in [6.45, 7) is 2.80. The van der Waals surface area contributed by atoms with E-state index in [0.29, 0.717) is 12.1 Å². The Kier molecular flexibility index (Phi) is 5.63. The van der Waals surface area contributed by atoms with Gasteiger partial charge in [-0.3, -0.25) is 0 Å². The quantitative estimate of drug-likeness (QED) is 0.763. The third-order valence-electron chi connectivity index (χ3n) is 2.92.